The Labute approximate surface area is 147 Å². The molecule has 5 heteroatoms. The van der Waals surface area contributed by atoms with Crippen molar-refractivity contribution in [3.05, 3.63) is 70.9 Å². The molecule has 3 rings (SSSR count). The SMILES string of the molecule is Cc1cc(-c2ccc(C(=O)NCCc3cnc[nH]3)cc2)nc(C)c1C. The Bertz CT molecular complexity index is 844. The summed E-state index contributed by atoms with van der Waals surface area (Å²) in [5.41, 5.74) is 7.09. The van der Waals surface area contributed by atoms with Crippen molar-refractivity contribution in [3.63, 3.8) is 0 Å². The lowest BCUT2D eigenvalue weighted by molar-refractivity contribution is 0.0954. The fourth-order valence-corrected chi connectivity index (χ4v) is 2.67. The average molecular weight is 334 g/mol. The number of hydrogen-bond donors (Lipinski definition) is 2. The molecule has 0 saturated carbocycles. The van der Waals surface area contributed by atoms with Gasteiger partial charge in [0.25, 0.3) is 5.91 Å². The number of aromatic amines is 1. The van der Waals surface area contributed by atoms with Crippen LogP contribution < -0.4 is 5.32 Å². The molecule has 0 saturated heterocycles. The number of carbonyl (C=O) groups excluding carboxylic acids is 1. The van der Waals surface area contributed by atoms with Crippen LogP contribution in [0.5, 0.6) is 0 Å². The highest BCUT2D eigenvalue weighted by atomic mass is 16.1. The first-order valence-corrected chi connectivity index (χ1v) is 8.35. The molecule has 0 atom stereocenters. The number of carbonyl (C=O) groups is 1. The van der Waals surface area contributed by atoms with Gasteiger partial charge >= 0.3 is 0 Å². The summed E-state index contributed by atoms with van der Waals surface area (Å²) in [5.74, 6) is -0.0738. The van der Waals surface area contributed by atoms with Gasteiger partial charge in [-0.25, -0.2) is 4.98 Å². The van der Waals surface area contributed by atoms with Crippen LogP contribution in [-0.4, -0.2) is 27.4 Å². The number of amides is 1. The summed E-state index contributed by atoms with van der Waals surface area (Å²) in [5, 5.41) is 2.92. The molecule has 0 aliphatic heterocycles. The van der Waals surface area contributed by atoms with Gasteiger partial charge in [-0.05, 0) is 50.1 Å². The molecule has 1 aromatic carbocycles. The van der Waals surface area contributed by atoms with Crippen LogP contribution in [-0.2, 0) is 6.42 Å². The van der Waals surface area contributed by atoms with Gasteiger partial charge in [0.1, 0.15) is 0 Å². The van der Waals surface area contributed by atoms with E-state index in [0.717, 1.165) is 29.1 Å². The zero-order valence-electron chi connectivity index (χ0n) is 14.8. The van der Waals surface area contributed by atoms with E-state index in [0.29, 0.717) is 12.1 Å². The predicted molar refractivity (Wildman–Crippen MR) is 98.5 cm³/mol. The molecule has 128 valence electrons. The summed E-state index contributed by atoms with van der Waals surface area (Å²) in [6, 6.07) is 9.66. The van der Waals surface area contributed by atoms with Crippen LogP contribution in [0.4, 0.5) is 0 Å². The van der Waals surface area contributed by atoms with Crippen LogP contribution in [0, 0.1) is 20.8 Å². The van der Waals surface area contributed by atoms with Gasteiger partial charge in [-0.1, -0.05) is 12.1 Å². The van der Waals surface area contributed by atoms with E-state index in [-0.39, 0.29) is 5.91 Å². The molecule has 2 heterocycles. The van der Waals surface area contributed by atoms with E-state index in [1.54, 1.807) is 12.5 Å². The zero-order chi connectivity index (χ0) is 17.8. The van der Waals surface area contributed by atoms with Crippen molar-refractivity contribution in [2.75, 3.05) is 6.54 Å². The summed E-state index contributed by atoms with van der Waals surface area (Å²) in [4.78, 5) is 23.8. The third-order valence-electron chi connectivity index (χ3n) is 4.45. The second-order valence-electron chi connectivity index (χ2n) is 6.19. The second-order valence-corrected chi connectivity index (χ2v) is 6.19. The van der Waals surface area contributed by atoms with Crippen molar-refractivity contribution >= 4 is 5.91 Å². The van der Waals surface area contributed by atoms with Crippen LogP contribution in [0.3, 0.4) is 0 Å². The summed E-state index contributed by atoms with van der Waals surface area (Å²) in [7, 11) is 0. The highest BCUT2D eigenvalue weighted by Crippen LogP contribution is 2.22. The molecule has 0 radical (unpaired) electrons. The minimum Gasteiger partial charge on any atom is -0.352 e. The maximum Gasteiger partial charge on any atom is 0.251 e. The van der Waals surface area contributed by atoms with E-state index in [2.05, 4.69) is 40.2 Å². The Hall–Kier alpha value is -2.95. The molecule has 0 spiro atoms. The van der Waals surface area contributed by atoms with E-state index < -0.39 is 0 Å². The molecular formula is C20H22N4O. The third kappa shape index (κ3) is 3.94. The Balaban J connectivity index is 1.66. The average Bonchev–Trinajstić information content (AvgIpc) is 3.12. The minimum atomic E-state index is -0.0738. The van der Waals surface area contributed by atoms with Gasteiger partial charge in [0, 0.05) is 41.7 Å². The van der Waals surface area contributed by atoms with E-state index in [1.165, 1.54) is 11.1 Å². The number of aryl methyl sites for hydroxylation is 2. The van der Waals surface area contributed by atoms with Crippen molar-refractivity contribution < 1.29 is 4.79 Å². The van der Waals surface area contributed by atoms with Gasteiger partial charge in [0.05, 0.1) is 12.0 Å². The smallest absolute Gasteiger partial charge is 0.251 e. The fraction of sp³-hybridized carbons (Fsp3) is 0.250. The first-order valence-electron chi connectivity index (χ1n) is 8.35. The lowest BCUT2D eigenvalue weighted by Gasteiger charge is -2.09. The van der Waals surface area contributed by atoms with E-state index in [4.69, 9.17) is 0 Å². The first kappa shape index (κ1) is 16.9. The Morgan fingerprint density at radius 2 is 1.92 bits per heavy atom. The van der Waals surface area contributed by atoms with Crippen LogP contribution in [0.25, 0.3) is 11.3 Å². The molecular weight excluding hydrogens is 312 g/mol. The fourth-order valence-electron chi connectivity index (χ4n) is 2.67. The maximum absolute atomic E-state index is 12.2. The molecule has 25 heavy (non-hydrogen) atoms. The topological polar surface area (TPSA) is 70.7 Å². The van der Waals surface area contributed by atoms with Crippen molar-refractivity contribution in [2.24, 2.45) is 0 Å². The van der Waals surface area contributed by atoms with E-state index in [1.807, 2.05) is 31.2 Å². The Kier molecular flexibility index (Phi) is 4.93. The molecule has 5 nitrogen and oxygen atoms in total. The van der Waals surface area contributed by atoms with Crippen molar-refractivity contribution in [2.45, 2.75) is 27.2 Å². The van der Waals surface area contributed by atoms with Gasteiger partial charge in [-0.2, -0.15) is 0 Å². The highest BCUT2D eigenvalue weighted by molar-refractivity contribution is 5.94. The van der Waals surface area contributed by atoms with Crippen LogP contribution in [0.15, 0.2) is 42.9 Å². The molecule has 2 aromatic heterocycles. The quantitative estimate of drug-likeness (QED) is 0.751. The summed E-state index contributed by atoms with van der Waals surface area (Å²) >= 11 is 0. The van der Waals surface area contributed by atoms with Crippen molar-refractivity contribution in [1.29, 1.82) is 0 Å². The Morgan fingerprint density at radius 1 is 1.16 bits per heavy atom. The van der Waals surface area contributed by atoms with Crippen molar-refractivity contribution in [1.82, 2.24) is 20.3 Å². The van der Waals surface area contributed by atoms with Gasteiger partial charge in [-0.3, -0.25) is 9.78 Å². The second kappa shape index (κ2) is 7.30. The van der Waals surface area contributed by atoms with Gasteiger partial charge in [0.15, 0.2) is 0 Å². The van der Waals surface area contributed by atoms with Crippen molar-refractivity contribution in [3.8, 4) is 11.3 Å². The molecule has 0 fully saturated rings. The number of pyridine rings is 1. The maximum atomic E-state index is 12.2. The number of H-pyrrole nitrogens is 1. The first-order chi connectivity index (χ1) is 12.0. The Morgan fingerprint density at radius 3 is 2.56 bits per heavy atom. The highest BCUT2D eigenvalue weighted by Gasteiger charge is 2.08. The predicted octanol–water partition coefficient (Wildman–Crippen LogP) is 3.37. The number of aromatic nitrogens is 3. The molecule has 0 bridgehead atoms. The third-order valence-corrected chi connectivity index (χ3v) is 4.45. The number of benzene rings is 1. The number of nitrogens with zero attached hydrogens (tertiary/aromatic N) is 2. The summed E-state index contributed by atoms with van der Waals surface area (Å²) in [6.07, 6.45) is 4.13. The van der Waals surface area contributed by atoms with Crippen LogP contribution in [0.1, 0.15) is 32.9 Å². The number of rotatable bonds is 5. The molecule has 1 amide bonds. The van der Waals surface area contributed by atoms with Gasteiger partial charge in [0.2, 0.25) is 0 Å². The van der Waals surface area contributed by atoms with E-state index >= 15 is 0 Å². The zero-order valence-corrected chi connectivity index (χ0v) is 14.8. The van der Waals surface area contributed by atoms with Gasteiger partial charge < -0.3 is 10.3 Å². The monoisotopic (exact) mass is 334 g/mol. The van der Waals surface area contributed by atoms with E-state index in [9.17, 15) is 4.79 Å². The van der Waals surface area contributed by atoms with Crippen LogP contribution >= 0.6 is 0 Å². The van der Waals surface area contributed by atoms with Gasteiger partial charge in [-0.15, -0.1) is 0 Å². The van der Waals surface area contributed by atoms with Crippen LogP contribution in [0.2, 0.25) is 0 Å². The lowest BCUT2D eigenvalue weighted by Crippen LogP contribution is -2.25. The standard InChI is InChI=1S/C20H22N4O/c1-13-10-19(24-15(3)14(13)2)16-4-6-17(7-5-16)20(25)22-9-8-18-11-21-12-23-18/h4-7,10-12H,8-9H2,1-3H3,(H,21,23)(H,22,25). The number of imidazole rings is 1. The number of hydrogen-bond acceptors (Lipinski definition) is 3. The summed E-state index contributed by atoms with van der Waals surface area (Å²) < 4.78 is 0. The molecule has 0 aliphatic rings. The number of nitrogens with one attached hydrogen (secondary N) is 2. The lowest BCUT2D eigenvalue weighted by atomic mass is 10.0. The summed E-state index contributed by atoms with van der Waals surface area (Å²) in [6.45, 7) is 6.77. The molecule has 0 aliphatic carbocycles. The molecule has 2 N–H and O–H groups in total. The molecule has 3 aromatic rings. The minimum absolute atomic E-state index is 0.0738. The largest absolute Gasteiger partial charge is 0.352 e. The molecule has 0 unspecified atom stereocenters. The normalized spacial score (nSPS) is 10.7.